The number of thioether (sulfide) groups is 1. The molecule has 3 atom stereocenters. The number of ether oxygens (including phenoxy) is 2. The van der Waals surface area contributed by atoms with E-state index < -0.39 is 35.7 Å². The van der Waals surface area contributed by atoms with Gasteiger partial charge in [0, 0.05) is 22.9 Å². The fourth-order valence-corrected chi connectivity index (χ4v) is 4.77. The number of nitrogens with zero attached hydrogens (tertiary/aromatic N) is 3. The first-order valence-corrected chi connectivity index (χ1v) is 10.2. The van der Waals surface area contributed by atoms with Gasteiger partial charge in [-0.25, -0.2) is 28.1 Å². The molecule has 1 amide bonds. The van der Waals surface area contributed by atoms with Crippen molar-refractivity contribution in [3.63, 3.8) is 0 Å². The van der Waals surface area contributed by atoms with E-state index in [-0.39, 0.29) is 40.4 Å². The van der Waals surface area contributed by atoms with Crippen molar-refractivity contribution in [3.8, 4) is 5.88 Å². The Bertz CT molecular complexity index is 1020. The van der Waals surface area contributed by atoms with Gasteiger partial charge in [-0.1, -0.05) is 11.8 Å². The fourth-order valence-electron chi connectivity index (χ4n) is 3.73. The van der Waals surface area contributed by atoms with Crippen LogP contribution in [0.4, 0.5) is 18.9 Å². The molecule has 0 saturated carbocycles. The van der Waals surface area contributed by atoms with E-state index in [2.05, 4.69) is 20.3 Å². The van der Waals surface area contributed by atoms with Gasteiger partial charge in [0.15, 0.2) is 5.17 Å². The molecule has 1 aromatic heterocycles. The normalized spacial score (nSPS) is 25.1. The van der Waals surface area contributed by atoms with Crippen LogP contribution in [0.1, 0.15) is 16.1 Å². The summed E-state index contributed by atoms with van der Waals surface area (Å²) in [5.41, 5.74) is 4.73. The molecule has 4 rings (SSSR count). The van der Waals surface area contributed by atoms with Crippen molar-refractivity contribution in [1.29, 1.82) is 0 Å². The number of alkyl halides is 2. The number of nitrogens with two attached hydrogens (primary N) is 1. The van der Waals surface area contributed by atoms with Crippen LogP contribution in [0.5, 0.6) is 5.88 Å². The standard InChI is InChI=1S/C19H18F3N5O3S/c1-29-14-6-24-13(5-25-14)17(28)26-9-2-3-12(20)10(4-9)19-8-30-15(16(21)22)11(19)7-31-18(23)27-19/h2-6,11,15-16H,7-8H2,1H3,(H2,23,27)(H,26,28). The number of amides is 1. The number of nitrogens with one attached hydrogen (secondary N) is 1. The highest BCUT2D eigenvalue weighted by molar-refractivity contribution is 8.13. The first kappa shape index (κ1) is 21.4. The lowest BCUT2D eigenvalue weighted by atomic mass is 9.78. The summed E-state index contributed by atoms with van der Waals surface area (Å²) in [5.74, 6) is -1.57. The Balaban J connectivity index is 1.67. The van der Waals surface area contributed by atoms with Gasteiger partial charge >= 0.3 is 0 Å². The average Bonchev–Trinajstić information content (AvgIpc) is 3.14. The Morgan fingerprint density at radius 1 is 1.39 bits per heavy atom. The molecule has 2 aliphatic heterocycles. The van der Waals surface area contributed by atoms with Crippen LogP contribution in [0.25, 0.3) is 0 Å². The van der Waals surface area contributed by atoms with Crippen LogP contribution >= 0.6 is 11.8 Å². The predicted octanol–water partition coefficient (Wildman–Crippen LogP) is 2.41. The van der Waals surface area contributed by atoms with Crippen LogP contribution < -0.4 is 15.8 Å². The van der Waals surface area contributed by atoms with Gasteiger partial charge in [-0.3, -0.25) is 4.79 Å². The number of amidine groups is 1. The van der Waals surface area contributed by atoms with Crippen molar-refractivity contribution in [3.05, 3.63) is 47.7 Å². The lowest BCUT2D eigenvalue weighted by molar-refractivity contribution is -0.0359. The molecule has 2 aliphatic rings. The summed E-state index contributed by atoms with van der Waals surface area (Å²) in [6.07, 6.45) is -1.63. The van der Waals surface area contributed by atoms with Gasteiger partial charge in [0.05, 0.1) is 26.1 Å². The molecule has 3 heterocycles. The third kappa shape index (κ3) is 3.92. The molecule has 12 heteroatoms. The Hall–Kier alpha value is -2.86. The maximum absolute atomic E-state index is 14.9. The zero-order valence-corrected chi connectivity index (χ0v) is 17.0. The molecule has 0 spiro atoms. The number of carbonyl (C=O) groups excluding carboxylic acids is 1. The van der Waals surface area contributed by atoms with Gasteiger partial charge < -0.3 is 20.5 Å². The van der Waals surface area contributed by atoms with E-state index in [0.29, 0.717) is 0 Å². The molecule has 2 aromatic rings. The van der Waals surface area contributed by atoms with Crippen molar-refractivity contribution >= 4 is 28.5 Å². The molecular weight excluding hydrogens is 435 g/mol. The zero-order valence-electron chi connectivity index (χ0n) is 16.2. The van der Waals surface area contributed by atoms with E-state index in [1.807, 2.05) is 0 Å². The van der Waals surface area contributed by atoms with Crippen LogP contribution in [0.3, 0.4) is 0 Å². The van der Waals surface area contributed by atoms with Crippen LogP contribution in [-0.2, 0) is 10.3 Å². The Morgan fingerprint density at radius 2 is 2.19 bits per heavy atom. The van der Waals surface area contributed by atoms with Crippen molar-refractivity contribution in [2.45, 2.75) is 18.1 Å². The van der Waals surface area contributed by atoms with Crippen molar-refractivity contribution < 1.29 is 27.4 Å². The second-order valence-electron chi connectivity index (χ2n) is 6.99. The Morgan fingerprint density at radius 3 is 2.87 bits per heavy atom. The number of aromatic nitrogens is 2. The Labute approximate surface area is 179 Å². The molecule has 0 bridgehead atoms. The quantitative estimate of drug-likeness (QED) is 0.715. The first-order chi connectivity index (χ1) is 14.8. The highest BCUT2D eigenvalue weighted by Crippen LogP contribution is 2.49. The van der Waals surface area contributed by atoms with Gasteiger partial charge in [-0.05, 0) is 18.2 Å². The summed E-state index contributed by atoms with van der Waals surface area (Å²) in [7, 11) is 1.42. The molecule has 0 radical (unpaired) electrons. The molecule has 164 valence electrons. The molecule has 1 aromatic carbocycles. The minimum Gasteiger partial charge on any atom is -0.480 e. The van der Waals surface area contributed by atoms with E-state index in [4.69, 9.17) is 15.2 Å². The molecule has 1 fully saturated rings. The summed E-state index contributed by atoms with van der Waals surface area (Å²) in [5, 5.41) is 2.77. The second kappa shape index (κ2) is 8.35. The topological polar surface area (TPSA) is 112 Å². The second-order valence-corrected chi connectivity index (χ2v) is 8.03. The van der Waals surface area contributed by atoms with Crippen molar-refractivity contribution in [2.24, 2.45) is 16.6 Å². The van der Waals surface area contributed by atoms with Crippen LogP contribution in [-0.4, -0.2) is 53.0 Å². The minimum atomic E-state index is -2.75. The van der Waals surface area contributed by atoms with Crippen molar-refractivity contribution in [1.82, 2.24) is 9.97 Å². The number of halogens is 3. The third-order valence-corrected chi connectivity index (χ3v) is 6.15. The number of hydrogen-bond acceptors (Lipinski definition) is 8. The van der Waals surface area contributed by atoms with E-state index in [1.54, 1.807) is 0 Å². The van der Waals surface area contributed by atoms with Crippen molar-refractivity contribution in [2.75, 3.05) is 24.8 Å². The van der Waals surface area contributed by atoms with E-state index in [9.17, 15) is 18.0 Å². The van der Waals surface area contributed by atoms with Gasteiger partial charge in [0.1, 0.15) is 23.2 Å². The number of anilines is 1. The molecule has 31 heavy (non-hydrogen) atoms. The summed E-state index contributed by atoms with van der Waals surface area (Å²) >= 11 is 1.13. The minimum absolute atomic E-state index is 0.0148. The number of carbonyl (C=O) groups is 1. The monoisotopic (exact) mass is 453 g/mol. The average molecular weight is 453 g/mol. The SMILES string of the molecule is COc1cnc(C(=O)Nc2ccc(F)c(C34COC(C(F)F)C3CSC(N)=N4)c2)cn1. The van der Waals surface area contributed by atoms with E-state index >= 15 is 0 Å². The van der Waals surface area contributed by atoms with Gasteiger partial charge in [-0.15, -0.1) is 0 Å². The molecule has 1 saturated heterocycles. The molecule has 3 N–H and O–H groups in total. The maximum Gasteiger partial charge on any atom is 0.275 e. The largest absolute Gasteiger partial charge is 0.480 e. The molecular formula is C19H18F3N5O3S. The van der Waals surface area contributed by atoms with Crippen LogP contribution in [0, 0.1) is 11.7 Å². The Kier molecular flexibility index (Phi) is 5.75. The van der Waals surface area contributed by atoms with Crippen LogP contribution in [0.2, 0.25) is 0 Å². The summed E-state index contributed by atoms with van der Waals surface area (Å²) in [6, 6.07) is 3.85. The fraction of sp³-hybridized carbons (Fsp3) is 0.368. The highest BCUT2D eigenvalue weighted by atomic mass is 32.2. The number of aliphatic imine (C=N–C) groups is 1. The van der Waals surface area contributed by atoms with Gasteiger partial charge in [-0.2, -0.15) is 0 Å². The lowest BCUT2D eigenvalue weighted by Gasteiger charge is -2.35. The number of methoxy groups -OCH3 is 1. The summed E-state index contributed by atoms with van der Waals surface area (Å²) < 4.78 is 52.1. The maximum atomic E-state index is 14.9. The summed E-state index contributed by atoms with van der Waals surface area (Å²) in [6.45, 7) is -0.244. The smallest absolute Gasteiger partial charge is 0.275 e. The van der Waals surface area contributed by atoms with Gasteiger partial charge in [0.2, 0.25) is 5.88 Å². The number of hydrogen-bond donors (Lipinski definition) is 2. The zero-order chi connectivity index (χ0) is 22.2. The van der Waals surface area contributed by atoms with Crippen LogP contribution in [0.15, 0.2) is 35.6 Å². The number of rotatable bonds is 5. The predicted molar refractivity (Wildman–Crippen MR) is 108 cm³/mol. The number of benzene rings is 1. The summed E-state index contributed by atoms with van der Waals surface area (Å²) in [4.78, 5) is 24.7. The van der Waals surface area contributed by atoms with Gasteiger partial charge in [0.25, 0.3) is 12.3 Å². The number of fused-ring (bicyclic) bond motifs is 1. The molecule has 3 unspecified atom stereocenters. The molecule has 8 nitrogen and oxygen atoms in total. The first-order valence-electron chi connectivity index (χ1n) is 9.19. The van der Waals surface area contributed by atoms with E-state index in [0.717, 1.165) is 17.8 Å². The molecule has 0 aliphatic carbocycles. The third-order valence-electron chi connectivity index (χ3n) is 5.24. The van der Waals surface area contributed by atoms with E-state index in [1.165, 1.54) is 31.6 Å². The lowest BCUT2D eigenvalue weighted by Crippen LogP contribution is -2.43. The highest BCUT2D eigenvalue weighted by Gasteiger charge is 2.56.